The molecule has 1 atom stereocenters. The van der Waals surface area contributed by atoms with Crippen molar-refractivity contribution in [3.63, 3.8) is 0 Å². The summed E-state index contributed by atoms with van der Waals surface area (Å²) in [4.78, 5) is 2.53. The lowest BCUT2D eigenvalue weighted by atomic mass is 9.73. The third-order valence-corrected chi connectivity index (χ3v) is 7.90. The van der Waals surface area contributed by atoms with Gasteiger partial charge in [-0.2, -0.15) is 0 Å². The molecule has 7 rings (SSSR count). The molecule has 3 aliphatic rings. The second-order valence-corrected chi connectivity index (χ2v) is 9.05. The number of nitrogens with zero attached hydrogens (tertiary/aromatic N) is 1. The Morgan fingerprint density at radius 1 is 0.581 bits per heavy atom. The molecule has 0 radical (unpaired) electrons. The number of rotatable bonds is 4. The smallest absolute Gasteiger partial charge is 0.0737 e. The first kappa shape index (κ1) is 17.5. The predicted molar refractivity (Wildman–Crippen MR) is 128 cm³/mol. The van der Waals surface area contributed by atoms with Crippen molar-refractivity contribution in [3.8, 4) is 33.4 Å². The summed E-state index contributed by atoms with van der Waals surface area (Å²) in [5.41, 5.74) is 15.9. The van der Waals surface area contributed by atoms with Crippen LogP contribution in [-0.2, 0) is 12.0 Å². The van der Waals surface area contributed by atoms with Gasteiger partial charge in [-0.05, 0) is 74.3 Å². The molecule has 150 valence electrons. The number of hydrogen-bond acceptors (Lipinski definition) is 1. The Kier molecular flexibility index (Phi) is 3.37. The first-order chi connectivity index (χ1) is 15.3. The van der Waals surface area contributed by atoms with Gasteiger partial charge in [0.25, 0.3) is 0 Å². The van der Waals surface area contributed by atoms with E-state index in [-0.39, 0.29) is 5.41 Å². The molecule has 0 saturated carbocycles. The molecule has 1 unspecified atom stereocenters. The Hall–Kier alpha value is -3.16. The van der Waals surface area contributed by atoms with Crippen LogP contribution >= 0.6 is 0 Å². The van der Waals surface area contributed by atoms with Crippen LogP contribution in [0, 0.1) is 0 Å². The number of fused-ring (bicyclic) bond motifs is 5. The first-order valence-electron chi connectivity index (χ1n) is 11.5. The van der Waals surface area contributed by atoms with Crippen LogP contribution < -0.4 is 0 Å². The highest BCUT2D eigenvalue weighted by atomic mass is 15.1. The minimum atomic E-state index is -0.150. The van der Waals surface area contributed by atoms with E-state index in [0.717, 1.165) is 19.6 Å². The Bertz CT molecular complexity index is 1380. The Balaban J connectivity index is 1.63. The summed E-state index contributed by atoms with van der Waals surface area (Å²) in [5, 5.41) is 0. The third-order valence-electron chi connectivity index (χ3n) is 7.90. The van der Waals surface area contributed by atoms with Gasteiger partial charge in [-0.3, -0.25) is 4.90 Å². The Labute approximate surface area is 184 Å². The quantitative estimate of drug-likeness (QED) is 0.313. The van der Waals surface area contributed by atoms with E-state index in [1.807, 2.05) is 0 Å². The van der Waals surface area contributed by atoms with Crippen molar-refractivity contribution in [2.75, 3.05) is 13.1 Å². The first-order valence-corrected chi connectivity index (χ1v) is 11.5. The van der Waals surface area contributed by atoms with Gasteiger partial charge in [-0.1, -0.05) is 92.7 Å². The van der Waals surface area contributed by atoms with Crippen molar-refractivity contribution in [2.45, 2.75) is 25.8 Å². The molecule has 0 bridgehead atoms. The minimum Gasteiger partial charge on any atom is -0.300 e. The van der Waals surface area contributed by atoms with E-state index in [1.54, 1.807) is 0 Å². The molecule has 1 spiro atoms. The molecule has 3 aliphatic carbocycles. The van der Waals surface area contributed by atoms with Gasteiger partial charge in [0.1, 0.15) is 0 Å². The maximum Gasteiger partial charge on any atom is 0.0737 e. The Morgan fingerprint density at radius 3 is 1.87 bits per heavy atom. The lowest BCUT2D eigenvalue weighted by molar-refractivity contribution is 0.296. The number of benzene rings is 4. The lowest BCUT2D eigenvalue weighted by Crippen LogP contribution is -2.24. The highest BCUT2D eigenvalue weighted by Gasteiger charge is 2.57. The second kappa shape index (κ2) is 5.96. The molecular formula is C30H25N. The zero-order chi connectivity index (χ0) is 20.7. The topological polar surface area (TPSA) is 3.24 Å². The fraction of sp³-hybridized carbons (Fsp3) is 0.200. The SMILES string of the molecule is CCN(CC)Cc1cccc2c1-c1cccc3c1C21c2ccccc2-c2cccc-3c21. The van der Waals surface area contributed by atoms with Crippen LogP contribution in [0.2, 0.25) is 0 Å². The van der Waals surface area contributed by atoms with E-state index in [2.05, 4.69) is 97.6 Å². The molecule has 0 aliphatic heterocycles. The molecule has 0 N–H and O–H groups in total. The predicted octanol–water partition coefficient (Wildman–Crippen LogP) is 6.85. The fourth-order valence-corrected chi connectivity index (χ4v) is 6.70. The standard InChI is InChI=1S/C30H25N/c1-3-31(4-2)18-19-10-7-17-26-27(19)24-15-9-14-23-22-13-8-12-21-20-11-5-6-16-25(20)30(26,28(21)22)29(23)24/h5-17H,3-4,18H2,1-2H3. The van der Waals surface area contributed by atoms with E-state index in [1.165, 1.54) is 61.2 Å². The largest absolute Gasteiger partial charge is 0.300 e. The molecule has 0 aromatic heterocycles. The van der Waals surface area contributed by atoms with Crippen LogP contribution in [0.4, 0.5) is 0 Å². The molecule has 4 aromatic rings. The van der Waals surface area contributed by atoms with Gasteiger partial charge in [-0.25, -0.2) is 0 Å². The van der Waals surface area contributed by atoms with Crippen LogP contribution in [0.1, 0.15) is 41.7 Å². The summed E-state index contributed by atoms with van der Waals surface area (Å²) < 4.78 is 0. The monoisotopic (exact) mass is 399 g/mol. The second-order valence-electron chi connectivity index (χ2n) is 9.05. The van der Waals surface area contributed by atoms with Crippen LogP contribution in [0.5, 0.6) is 0 Å². The average molecular weight is 400 g/mol. The van der Waals surface area contributed by atoms with Crippen molar-refractivity contribution < 1.29 is 0 Å². The molecule has 4 aromatic carbocycles. The third kappa shape index (κ3) is 1.88. The van der Waals surface area contributed by atoms with E-state index in [0.29, 0.717) is 0 Å². The summed E-state index contributed by atoms with van der Waals surface area (Å²) in [6.45, 7) is 7.69. The maximum absolute atomic E-state index is 2.53. The van der Waals surface area contributed by atoms with Gasteiger partial charge >= 0.3 is 0 Å². The number of hydrogen-bond donors (Lipinski definition) is 0. The highest BCUT2D eigenvalue weighted by Crippen LogP contribution is 2.70. The highest BCUT2D eigenvalue weighted by molar-refractivity contribution is 6.06. The molecule has 0 heterocycles. The van der Waals surface area contributed by atoms with Gasteiger partial charge in [-0.15, -0.1) is 0 Å². The van der Waals surface area contributed by atoms with Crippen LogP contribution in [0.15, 0.2) is 78.9 Å². The van der Waals surface area contributed by atoms with Crippen LogP contribution in [-0.4, -0.2) is 18.0 Å². The summed E-state index contributed by atoms with van der Waals surface area (Å²) >= 11 is 0. The summed E-state index contributed by atoms with van der Waals surface area (Å²) in [5.74, 6) is 0. The summed E-state index contributed by atoms with van der Waals surface area (Å²) in [6, 6.07) is 30.0. The van der Waals surface area contributed by atoms with Crippen molar-refractivity contribution >= 4 is 0 Å². The average Bonchev–Trinajstić information content (AvgIpc) is 3.42. The van der Waals surface area contributed by atoms with E-state index in [9.17, 15) is 0 Å². The van der Waals surface area contributed by atoms with Gasteiger partial charge in [0.15, 0.2) is 0 Å². The Morgan fingerprint density at radius 2 is 1.13 bits per heavy atom. The molecular weight excluding hydrogens is 374 g/mol. The van der Waals surface area contributed by atoms with Gasteiger partial charge in [0, 0.05) is 6.54 Å². The zero-order valence-corrected chi connectivity index (χ0v) is 18.1. The van der Waals surface area contributed by atoms with Crippen molar-refractivity contribution in [3.05, 3.63) is 107 Å². The van der Waals surface area contributed by atoms with E-state index < -0.39 is 0 Å². The minimum absolute atomic E-state index is 0.150. The van der Waals surface area contributed by atoms with E-state index >= 15 is 0 Å². The fourth-order valence-electron chi connectivity index (χ4n) is 6.70. The van der Waals surface area contributed by atoms with Crippen LogP contribution in [0.3, 0.4) is 0 Å². The van der Waals surface area contributed by atoms with Crippen molar-refractivity contribution in [1.82, 2.24) is 4.90 Å². The normalized spacial score (nSPS) is 18.2. The molecule has 1 heteroatoms. The van der Waals surface area contributed by atoms with Gasteiger partial charge in [0.2, 0.25) is 0 Å². The molecule has 0 saturated heterocycles. The van der Waals surface area contributed by atoms with E-state index in [4.69, 9.17) is 0 Å². The van der Waals surface area contributed by atoms with Crippen LogP contribution in [0.25, 0.3) is 33.4 Å². The summed E-state index contributed by atoms with van der Waals surface area (Å²) in [6.07, 6.45) is 0. The van der Waals surface area contributed by atoms with Crippen molar-refractivity contribution in [1.29, 1.82) is 0 Å². The van der Waals surface area contributed by atoms with Gasteiger partial charge < -0.3 is 0 Å². The molecule has 0 fully saturated rings. The maximum atomic E-state index is 2.53. The van der Waals surface area contributed by atoms with Gasteiger partial charge in [0.05, 0.1) is 5.41 Å². The molecule has 0 amide bonds. The van der Waals surface area contributed by atoms with Crippen molar-refractivity contribution in [2.24, 2.45) is 0 Å². The zero-order valence-electron chi connectivity index (χ0n) is 18.1. The molecule has 1 nitrogen and oxygen atoms in total. The summed E-state index contributed by atoms with van der Waals surface area (Å²) in [7, 11) is 0. The molecule has 31 heavy (non-hydrogen) atoms. The lowest BCUT2D eigenvalue weighted by Gasteiger charge is -2.28.